The van der Waals surface area contributed by atoms with Gasteiger partial charge in [0, 0.05) is 32.2 Å². The van der Waals surface area contributed by atoms with Crippen LogP contribution in [0.1, 0.15) is 12.0 Å². The van der Waals surface area contributed by atoms with Gasteiger partial charge in [0.25, 0.3) is 5.69 Å². The Labute approximate surface area is 119 Å². The first-order valence-corrected chi connectivity index (χ1v) is 7.00. The van der Waals surface area contributed by atoms with Gasteiger partial charge in [0.05, 0.1) is 4.92 Å². The third-order valence-corrected chi connectivity index (χ3v) is 3.89. The van der Waals surface area contributed by atoms with E-state index in [9.17, 15) is 10.1 Å². The molecule has 0 unspecified atom stereocenters. The maximum Gasteiger partial charge on any atom is 0.292 e. The average molecular weight is 278 g/mol. The van der Waals surface area contributed by atoms with Crippen molar-refractivity contribution in [3.63, 3.8) is 0 Å². The van der Waals surface area contributed by atoms with Crippen molar-refractivity contribution in [3.05, 3.63) is 33.9 Å². The minimum absolute atomic E-state index is 0.0158. The number of hydrogen-bond acceptors (Lipinski definition) is 5. The summed E-state index contributed by atoms with van der Waals surface area (Å²) < 4.78 is 0. The summed E-state index contributed by atoms with van der Waals surface area (Å²) in [5.41, 5.74) is 7.07. The van der Waals surface area contributed by atoms with Crippen LogP contribution in [0.2, 0.25) is 0 Å². The van der Waals surface area contributed by atoms with Gasteiger partial charge in [-0.15, -0.1) is 0 Å². The molecule has 1 aromatic rings. The number of benzene rings is 1. The van der Waals surface area contributed by atoms with Gasteiger partial charge in [-0.2, -0.15) is 0 Å². The topological polar surface area (TPSA) is 75.6 Å². The summed E-state index contributed by atoms with van der Waals surface area (Å²) in [6.45, 7) is 5.44. The largest absolute Gasteiger partial charge is 0.393 e. The van der Waals surface area contributed by atoms with Crippen LogP contribution >= 0.6 is 0 Å². The second-order valence-electron chi connectivity index (χ2n) is 5.36. The van der Waals surface area contributed by atoms with E-state index in [4.69, 9.17) is 5.73 Å². The summed E-state index contributed by atoms with van der Waals surface area (Å²) in [6, 6.07) is 5.05. The average Bonchev–Trinajstić information content (AvgIpc) is 2.42. The zero-order valence-electron chi connectivity index (χ0n) is 11.9. The first-order valence-electron chi connectivity index (χ1n) is 7.00. The summed E-state index contributed by atoms with van der Waals surface area (Å²) >= 11 is 0. The molecule has 110 valence electrons. The standard InChI is InChI=1S/C14H22N4O2/c1-16-8-10-17(11-9-16)7-3-5-12-4-2-6-13(14(12)15)18(19)20/h2,4,6H,3,5,7-11,15H2,1H3. The van der Waals surface area contributed by atoms with Crippen LogP contribution in [-0.2, 0) is 6.42 Å². The minimum atomic E-state index is -0.417. The molecule has 1 fully saturated rings. The summed E-state index contributed by atoms with van der Waals surface area (Å²) in [4.78, 5) is 15.2. The van der Waals surface area contributed by atoms with E-state index in [1.54, 1.807) is 6.07 Å². The smallest absolute Gasteiger partial charge is 0.292 e. The van der Waals surface area contributed by atoms with E-state index in [-0.39, 0.29) is 5.69 Å². The van der Waals surface area contributed by atoms with Gasteiger partial charge in [-0.3, -0.25) is 10.1 Å². The van der Waals surface area contributed by atoms with Crippen LogP contribution in [0, 0.1) is 10.1 Å². The molecule has 6 heteroatoms. The molecule has 1 aromatic carbocycles. The summed E-state index contributed by atoms with van der Waals surface area (Å²) in [7, 11) is 2.14. The Morgan fingerprint density at radius 1 is 1.30 bits per heavy atom. The molecule has 1 aliphatic heterocycles. The number of likely N-dealkylation sites (N-methyl/N-ethyl adjacent to an activating group) is 1. The number of nitrogens with zero attached hydrogens (tertiary/aromatic N) is 3. The van der Waals surface area contributed by atoms with E-state index in [2.05, 4.69) is 16.8 Å². The lowest BCUT2D eigenvalue weighted by molar-refractivity contribution is -0.383. The van der Waals surface area contributed by atoms with Crippen LogP contribution < -0.4 is 5.73 Å². The number of nitrogens with two attached hydrogens (primary N) is 1. The number of rotatable bonds is 5. The second kappa shape index (κ2) is 6.67. The van der Waals surface area contributed by atoms with Gasteiger partial charge in [0.15, 0.2) is 0 Å². The Morgan fingerprint density at radius 3 is 2.65 bits per heavy atom. The van der Waals surface area contributed by atoms with Crippen molar-refractivity contribution >= 4 is 11.4 Å². The van der Waals surface area contributed by atoms with Gasteiger partial charge in [-0.1, -0.05) is 12.1 Å². The molecule has 2 N–H and O–H groups in total. The molecule has 1 heterocycles. The number of nitrogen functional groups attached to an aromatic ring is 1. The molecule has 0 bridgehead atoms. The van der Waals surface area contributed by atoms with Crippen molar-refractivity contribution in [3.8, 4) is 0 Å². The van der Waals surface area contributed by atoms with Gasteiger partial charge in [-0.25, -0.2) is 0 Å². The number of para-hydroxylation sites is 1. The van der Waals surface area contributed by atoms with Gasteiger partial charge >= 0.3 is 0 Å². The van der Waals surface area contributed by atoms with Crippen molar-refractivity contribution in [2.24, 2.45) is 0 Å². The lowest BCUT2D eigenvalue weighted by Gasteiger charge is -2.32. The maximum absolute atomic E-state index is 10.8. The number of hydrogen-bond donors (Lipinski definition) is 1. The Bertz CT molecular complexity index is 470. The van der Waals surface area contributed by atoms with Gasteiger partial charge in [-0.05, 0) is 32.0 Å². The van der Waals surface area contributed by atoms with E-state index in [1.165, 1.54) is 6.07 Å². The highest BCUT2D eigenvalue weighted by atomic mass is 16.6. The molecule has 20 heavy (non-hydrogen) atoms. The molecule has 2 rings (SSSR count). The molecule has 1 saturated heterocycles. The van der Waals surface area contributed by atoms with Crippen LogP contribution in [0.15, 0.2) is 18.2 Å². The van der Waals surface area contributed by atoms with Crippen LogP contribution in [0.3, 0.4) is 0 Å². The van der Waals surface area contributed by atoms with Crippen molar-refractivity contribution in [2.75, 3.05) is 45.5 Å². The Morgan fingerprint density at radius 2 is 2.00 bits per heavy atom. The zero-order chi connectivity index (χ0) is 14.5. The SMILES string of the molecule is CN1CCN(CCCc2cccc([N+](=O)[O-])c2N)CC1. The van der Waals surface area contributed by atoms with E-state index in [0.717, 1.165) is 51.1 Å². The maximum atomic E-state index is 10.8. The molecule has 0 radical (unpaired) electrons. The number of nitro groups is 1. The van der Waals surface area contributed by atoms with E-state index in [0.29, 0.717) is 5.69 Å². The monoisotopic (exact) mass is 278 g/mol. The molecule has 6 nitrogen and oxygen atoms in total. The van der Waals surface area contributed by atoms with E-state index < -0.39 is 4.92 Å². The fourth-order valence-corrected chi connectivity index (χ4v) is 2.54. The normalized spacial score (nSPS) is 17.2. The van der Waals surface area contributed by atoms with Gasteiger partial charge < -0.3 is 15.5 Å². The molecule has 0 aliphatic carbocycles. The van der Waals surface area contributed by atoms with E-state index >= 15 is 0 Å². The number of piperazine rings is 1. The van der Waals surface area contributed by atoms with Gasteiger partial charge in [0.2, 0.25) is 0 Å². The predicted octanol–water partition coefficient (Wildman–Crippen LogP) is 1.36. The fraction of sp³-hybridized carbons (Fsp3) is 0.571. The molecule has 0 saturated carbocycles. The molecule has 0 spiro atoms. The third kappa shape index (κ3) is 3.68. The molecule has 0 atom stereocenters. The highest BCUT2D eigenvalue weighted by molar-refractivity contribution is 5.62. The van der Waals surface area contributed by atoms with Crippen molar-refractivity contribution < 1.29 is 4.92 Å². The summed E-state index contributed by atoms with van der Waals surface area (Å²) in [5, 5.41) is 10.8. The first-order chi connectivity index (χ1) is 9.58. The molecule has 0 amide bonds. The number of aryl methyl sites for hydroxylation is 1. The highest BCUT2D eigenvalue weighted by Crippen LogP contribution is 2.25. The van der Waals surface area contributed by atoms with Crippen molar-refractivity contribution in [2.45, 2.75) is 12.8 Å². The highest BCUT2D eigenvalue weighted by Gasteiger charge is 2.15. The first kappa shape index (κ1) is 14.7. The molecule has 1 aliphatic rings. The fourth-order valence-electron chi connectivity index (χ4n) is 2.54. The Kier molecular flexibility index (Phi) is 4.92. The number of anilines is 1. The van der Waals surface area contributed by atoms with Crippen LogP contribution in [0.5, 0.6) is 0 Å². The molecular weight excluding hydrogens is 256 g/mol. The van der Waals surface area contributed by atoms with Crippen LogP contribution in [-0.4, -0.2) is 54.5 Å². The molecule has 0 aromatic heterocycles. The quantitative estimate of drug-likeness (QED) is 0.500. The zero-order valence-corrected chi connectivity index (χ0v) is 11.9. The third-order valence-electron chi connectivity index (χ3n) is 3.89. The van der Waals surface area contributed by atoms with Crippen LogP contribution in [0.4, 0.5) is 11.4 Å². The second-order valence-corrected chi connectivity index (χ2v) is 5.36. The summed E-state index contributed by atoms with van der Waals surface area (Å²) in [5.74, 6) is 0. The van der Waals surface area contributed by atoms with E-state index in [1.807, 2.05) is 6.07 Å². The number of nitro benzene ring substituents is 1. The van der Waals surface area contributed by atoms with Crippen molar-refractivity contribution in [1.82, 2.24) is 9.80 Å². The van der Waals surface area contributed by atoms with Crippen LogP contribution in [0.25, 0.3) is 0 Å². The van der Waals surface area contributed by atoms with Gasteiger partial charge in [0.1, 0.15) is 5.69 Å². The molecular formula is C14H22N4O2. The minimum Gasteiger partial charge on any atom is -0.393 e. The Hall–Kier alpha value is -1.66. The predicted molar refractivity (Wildman–Crippen MR) is 79.8 cm³/mol. The van der Waals surface area contributed by atoms with Crippen molar-refractivity contribution in [1.29, 1.82) is 0 Å². The summed E-state index contributed by atoms with van der Waals surface area (Å²) in [6.07, 6.45) is 1.77. The lowest BCUT2D eigenvalue weighted by atomic mass is 10.1. The lowest BCUT2D eigenvalue weighted by Crippen LogP contribution is -2.44. The Balaban J connectivity index is 1.85.